The summed E-state index contributed by atoms with van der Waals surface area (Å²) in [4.78, 5) is 0. The molecule has 0 bridgehead atoms. The lowest BCUT2D eigenvalue weighted by atomic mass is 9.91. The maximum atomic E-state index is 5.98. The van der Waals surface area contributed by atoms with E-state index in [0.717, 1.165) is 38.4 Å². The number of ether oxygens (including phenoxy) is 2. The molecule has 0 radical (unpaired) electrons. The maximum absolute atomic E-state index is 5.98. The van der Waals surface area contributed by atoms with Crippen LogP contribution in [0.5, 0.6) is 0 Å². The fraction of sp³-hybridized carbons (Fsp3) is 1.00. The van der Waals surface area contributed by atoms with Crippen LogP contribution in [0, 0.1) is 0 Å². The molecule has 2 aliphatic heterocycles. The van der Waals surface area contributed by atoms with Crippen LogP contribution in [0.4, 0.5) is 0 Å². The van der Waals surface area contributed by atoms with E-state index in [9.17, 15) is 0 Å². The zero-order valence-electron chi connectivity index (χ0n) is 11.0. The summed E-state index contributed by atoms with van der Waals surface area (Å²) in [7, 11) is 0. The fourth-order valence-electron chi connectivity index (χ4n) is 2.56. The van der Waals surface area contributed by atoms with Crippen molar-refractivity contribution in [2.24, 2.45) is 0 Å². The van der Waals surface area contributed by atoms with Gasteiger partial charge in [-0.15, -0.1) is 0 Å². The molecular formula is C13H25NO2S. The summed E-state index contributed by atoms with van der Waals surface area (Å²) in [5.74, 6) is 2.42. The van der Waals surface area contributed by atoms with Gasteiger partial charge in [-0.2, -0.15) is 11.8 Å². The van der Waals surface area contributed by atoms with Gasteiger partial charge in [0.1, 0.15) is 0 Å². The van der Waals surface area contributed by atoms with Gasteiger partial charge in [0.25, 0.3) is 0 Å². The molecule has 2 unspecified atom stereocenters. The van der Waals surface area contributed by atoms with Gasteiger partial charge in [-0.05, 0) is 18.6 Å². The average Bonchev–Trinajstić information content (AvgIpc) is 2.73. The van der Waals surface area contributed by atoms with E-state index in [1.165, 1.54) is 12.2 Å². The monoisotopic (exact) mass is 259 g/mol. The van der Waals surface area contributed by atoms with Crippen LogP contribution in [0.15, 0.2) is 0 Å². The summed E-state index contributed by atoms with van der Waals surface area (Å²) < 4.78 is 12.0. The molecule has 2 fully saturated rings. The van der Waals surface area contributed by atoms with Crippen molar-refractivity contribution in [3.05, 3.63) is 0 Å². The maximum Gasteiger partial charge on any atom is 0.0805 e. The quantitative estimate of drug-likeness (QED) is 0.766. The Balaban J connectivity index is 1.67. The molecule has 1 spiro atoms. The highest BCUT2D eigenvalue weighted by atomic mass is 32.2. The van der Waals surface area contributed by atoms with Gasteiger partial charge in [0.05, 0.1) is 18.3 Å². The molecule has 4 heteroatoms. The Morgan fingerprint density at radius 3 is 3.12 bits per heavy atom. The summed E-state index contributed by atoms with van der Waals surface area (Å²) in [5, 5.41) is 3.39. The van der Waals surface area contributed by atoms with Crippen LogP contribution in [0.2, 0.25) is 0 Å². The number of rotatable bonds is 5. The zero-order chi connectivity index (χ0) is 12.1. The van der Waals surface area contributed by atoms with Crippen molar-refractivity contribution in [1.82, 2.24) is 5.32 Å². The van der Waals surface area contributed by atoms with Crippen molar-refractivity contribution >= 4 is 11.8 Å². The lowest BCUT2D eigenvalue weighted by molar-refractivity contribution is -0.120. The third-order valence-electron chi connectivity index (χ3n) is 3.52. The molecular weight excluding hydrogens is 234 g/mol. The van der Waals surface area contributed by atoms with Crippen molar-refractivity contribution in [3.8, 4) is 0 Å². The molecule has 2 rings (SSSR count). The Morgan fingerprint density at radius 2 is 2.41 bits per heavy atom. The predicted octanol–water partition coefficient (Wildman–Crippen LogP) is 2.06. The third kappa shape index (κ3) is 4.12. The average molecular weight is 259 g/mol. The van der Waals surface area contributed by atoms with Gasteiger partial charge in [0, 0.05) is 31.4 Å². The second-order valence-electron chi connectivity index (χ2n) is 5.43. The van der Waals surface area contributed by atoms with Crippen LogP contribution >= 0.6 is 11.8 Å². The van der Waals surface area contributed by atoms with E-state index in [0.29, 0.717) is 12.1 Å². The molecule has 0 aliphatic carbocycles. The lowest BCUT2D eigenvalue weighted by Crippen LogP contribution is -2.43. The zero-order valence-corrected chi connectivity index (χ0v) is 11.9. The molecule has 0 aromatic carbocycles. The Kier molecular flexibility index (Phi) is 5.15. The van der Waals surface area contributed by atoms with E-state index in [4.69, 9.17) is 9.47 Å². The second kappa shape index (κ2) is 6.41. The van der Waals surface area contributed by atoms with Crippen molar-refractivity contribution in [3.63, 3.8) is 0 Å². The highest BCUT2D eigenvalue weighted by Gasteiger charge is 2.40. The van der Waals surface area contributed by atoms with Gasteiger partial charge >= 0.3 is 0 Å². The molecule has 0 amide bonds. The topological polar surface area (TPSA) is 30.5 Å². The Morgan fingerprint density at radius 1 is 1.53 bits per heavy atom. The summed E-state index contributed by atoms with van der Waals surface area (Å²) >= 11 is 2.02. The highest BCUT2D eigenvalue weighted by molar-refractivity contribution is 7.99. The molecule has 2 saturated heterocycles. The standard InChI is InChI=1S/C13H25NO2S/c1-11(2)14-5-7-15-12-3-6-16-13(9-12)4-8-17-10-13/h11-12,14H,3-10H2,1-2H3. The van der Waals surface area contributed by atoms with Crippen LogP contribution in [0.3, 0.4) is 0 Å². The molecule has 2 atom stereocenters. The first-order chi connectivity index (χ1) is 8.20. The minimum absolute atomic E-state index is 0.152. The van der Waals surface area contributed by atoms with E-state index < -0.39 is 0 Å². The number of thioether (sulfide) groups is 1. The minimum Gasteiger partial charge on any atom is -0.377 e. The SMILES string of the molecule is CC(C)NCCOC1CCOC2(CCSC2)C1. The molecule has 0 saturated carbocycles. The Hall–Kier alpha value is 0.230. The van der Waals surface area contributed by atoms with Gasteiger partial charge in [-0.3, -0.25) is 0 Å². The van der Waals surface area contributed by atoms with Crippen molar-refractivity contribution in [2.45, 2.75) is 50.9 Å². The van der Waals surface area contributed by atoms with E-state index in [1.54, 1.807) is 0 Å². The van der Waals surface area contributed by atoms with E-state index in [1.807, 2.05) is 11.8 Å². The predicted molar refractivity (Wildman–Crippen MR) is 72.7 cm³/mol. The van der Waals surface area contributed by atoms with Crippen molar-refractivity contribution < 1.29 is 9.47 Å². The van der Waals surface area contributed by atoms with Gasteiger partial charge in [0.15, 0.2) is 0 Å². The van der Waals surface area contributed by atoms with Gasteiger partial charge in [-0.1, -0.05) is 13.8 Å². The van der Waals surface area contributed by atoms with Gasteiger partial charge in [0.2, 0.25) is 0 Å². The molecule has 100 valence electrons. The van der Waals surface area contributed by atoms with Crippen molar-refractivity contribution in [2.75, 3.05) is 31.3 Å². The van der Waals surface area contributed by atoms with E-state index in [-0.39, 0.29) is 5.60 Å². The molecule has 0 aromatic rings. The molecule has 0 aromatic heterocycles. The summed E-state index contributed by atoms with van der Waals surface area (Å²) in [5.41, 5.74) is 0.152. The lowest BCUT2D eigenvalue weighted by Gasteiger charge is -2.37. The van der Waals surface area contributed by atoms with Crippen LogP contribution in [0.1, 0.15) is 33.1 Å². The van der Waals surface area contributed by atoms with Crippen LogP contribution < -0.4 is 5.32 Å². The summed E-state index contributed by atoms with van der Waals surface area (Å²) in [6, 6.07) is 0.547. The van der Waals surface area contributed by atoms with Crippen LogP contribution in [-0.2, 0) is 9.47 Å². The summed E-state index contributed by atoms with van der Waals surface area (Å²) in [6.07, 6.45) is 3.79. The highest BCUT2D eigenvalue weighted by Crippen LogP contribution is 2.38. The number of hydrogen-bond acceptors (Lipinski definition) is 4. The Labute approximate surface area is 109 Å². The molecule has 3 nitrogen and oxygen atoms in total. The third-order valence-corrected chi connectivity index (χ3v) is 4.75. The number of nitrogens with one attached hydrogen (secondary N) is 1. The van der Waals surface area contributed by atoms with E-state index in [2.05, 4.69) is 19.2 Å². The first kappa shape index (κ1) is 13.7. The Bertz CT molecular complexity index is 229. The van der Waals surface area contributed by atoms with E-state index >= 15 is 0 Å². The normalized spacial score (nSPS) is 33.7. The molecule has 1 N–H and O–H groups in total. The first-order valence-corrected chi connectivity index (χ1v) is 7.92. The molecule has 2 aliphatic rings. The van der Waals surface area contributed by atoms with Gasteiger partial charge < -0.3 is 14.8 Å². The smallest absolute Gasteiger partial charge is 0.0805 e. The van der Waals surface area contributed by atoms with Crippen molar-refractivity contribution in [1.29, 1.82) is 0 Å². The molecule has 17 heavy (non-hydrogen) atoms. The second-order valence-corrected chi connectivity index (χ2v) is 6.53. The largest absolute Gasteiger partial charge is 0.377 e. The van der Waals surface area contributed by atoms with Crippen LogP contribution in [-0.4, -0.2) is 49.0 Å². The van der Waals surface area contributed by atoms with Gasteiger partial charge in [-0.25, -0.2) is 0 Å². The van der Waals surface area contributed by atoms with Crippen LogP contribution in [0.25, 0.3) is 0 Å². The first-order valence-electron chi connectivity index (χ1n) is 6.77. The molecule has 2 heterocycles. The number of hydrogen-bond donors (Lipinski definition) is 1. The summed E-state index contributed by atoms with van der Waals surface area (Å²) in [6.45, 7) is 6.99. The minimum atomic E-state index is 0.152. The fourth-order valence-corrected chi connectivity index (χ4v) is 3.94.